The Morgan fingerprint density at radius 1 is 1.75 bits per heavy atom. The molecule has 0 amide bonds. The lowest BCUT2D eigenvalue weighted by Gasteiger charge is -2.04. The first-order valence-corrected chi connectivity index (χ1v) is 2.41. The third-order valence-corrected chi connectivity index (χ3v) is 0.593. The van der Waals surface area contributed by atoms with Gasteiger partial charge in [0, 0.05) is 13.5 Å². The van der Waals surface area contributed by atoms with E-state index in [-0.39, 0.29) is 0 Å². The van der Waals surface area contributed by atoms with Crippen molar-refractivity contribution in [2.24, 2.45) is 5.34 Å². The van der Waals surface area contributed by atoms with E-state index in [4.69, 9.17) is 4.74 Å². The van der Waals surface area contributed by atoms with Crippen LogP contribution in [0.2, 0.25) is 0 Å². The summed E-state index contributed by atoms with van der Waals surface area (Å²) in [7, 11) is 0. The Bertz CT molecular complexity index is 66.3. The minimum absolute atomic E-state index is 0.516. The van der Waals surface area contributed by atoms with Crippen LogP contribution in [0.1, 0.15) is 13.8 Å². The zero-order valence-electron chi connectivity index (χ0n) is 4.96. The van der Waals surface area contributed by atoms with Crippen molar-refractivity contribution in [3.63, 3.8) is 0 Å². The van der Waals surface area contributed by atoms with Crippen molar-refractivity contribution < 1.29 is 9.57 Å². The molecule has 0 aliphatic heterocycles. The highest BCUT2D eigenvalue weighted by molar-refractivity contribution is 4.23. The van der Waals surface area contributed by atoms with Gasteiger partial charge in [0.2, 0.25) is 6.29 Å². The van der Waals surface area contributed by atoms with Crippen molar-refractivity contribution in [1.82, 2.24) is 0 Å². The molecule has 0 rings (SSSR count). The average molecular weight is 119 g/mol. The molecule has 1 unspecified atom stereocenters. The van der Waals surface area contributed by atoms with E-state index >= 15 is 0 Å². The maximum atomic E-state index is 9.34. The summed E-state index contributed by atoms with van der Waals surface area (Å²) >= 11 is 0. The molecular weight excluding hydrogens is 110 g/mol. The molecule has 0 aromatic carbocycles. The predicted octanol–water partition coefficient (Wildman–Crippen LogP) is 1.07. The van der Waals surface area contributed by atoms with Gasteiger partial charge >= 0.3 is 0 Å². The summed E-state index contributed by atoms with van der Waals surface area (Å²) in [5.74, 6) is 0. The SMILES string of the molecule is CCOC(C)ON=O. The standard InChI is InChI=1S/C4H9NO3/c1-3-7-4(2)8-5-6/h4H,3H2,1-2H3. The van der Waals surface area contributed by atoms with Crippen LogP contribution in [0, 0.1) is 4.91 Å². The van der Waals surface area contributed by atoms with Gasteiger partial charge < -0.3 is 9.57 Å². The van der Waals surface area contributed by atoms with Gasteiger partial charge in [-0.25, -0.2) is 0 Å². The Labute approximate surface area is 47.7 Å². The second-order valence-electron chi connectivity index (χ2n) is 1.20. The summed E-state index contributed by atoms with van der Waals surface area (Å²) in [6.07, 6.45) is -0.516. The van der Waals surface area contributed by atoms with E-state index < -0.39 is 6.29 Å². The van der Waals surface area contributed by atoms with E-state index in [1.165, 1.54) is 0 Å². The molecule has 0 saturated heterocycles. The summed E-state index contributed by atoms with van der Waals surface area (Å²) in [6, 6.07) is 0. The Kier molecular flexibility index (Phi) is 4.16. The van der Waals surface area contributed by atoms with Gasteiger partial charge in [0.25, 0.3) is 0 Å². The first kappa shape index (κ1) is 7.36. The van der Waals surface area contributed by atoms with Gasteiger partial charge in [-0.1, -0.05) is 0 Å². The van der Waals surface area contributed by atoms with Crippen LogP contribution in [0.25, 0.3) is 0 Å². The van der Waals surface area contributed by atoms with E-state index in [0.29, 0.717) is 6.61 Å². The summed E-state index contributed by atoms with van der Waals surface area (Å²) < 4.78 is 4.77. The zero-order chi connectivity index (χ0) is 6.41. The molecule has 0 fully saturated rings. The monoisotopic (exact) mass is 119 g/mol. The van der Waals surface area contributed by atoms with E-state index in [1.54, 1.807) is 6.92 Å². The van der Waals surface area contributed by atoms with Crippen LogP contribution in [-0.4, -0.2) is 12.9 Å². The van der Waals surface area contributed by atoms with Crippen molar-refractivity contribution in [3.8, 4) is 0 Å². The highest BCUT2D eigenvalue weighted by atomic mass is 16.8. The van der Waals surface area contributed by atoms with Crippen molar-refractivity contribution in [2.45, 2.75) is 20.1 Å². The van der Waals surface area contributed by atoms with Gasteiger partial charge in [-0.2, -0.15) is 0 Å². The lowest BCUT2D eigenvalue weighted by Crippen LogP contribution is -2.08. The summed E-state index contributed by atoms with van der Waals surface area (Å²) in [5, 5.41) is 2.18. The van der Waals surface area contributed by atoms with Crippen molar-refractivity contribution in [1.29, 1.82) is 0 Å². The maximum Gasteiger partial charge on any atom is 0.227 e. The molecule has 0 saturated carbocycles. The first-order valence-electron chi connectivity index (χ1n) is 2.41. The van der Waals surface area contributed by atoms with E-state index in [1.807, 2.05) is 6.92 Å². The molecule has 0 heterocycles. The second-order valence-corrected chi connectivity index (χ2v) is 1.20. The van der Waals surface area contributed by atoms with Crippen molar-refractivity contribution in [3.05, 3.63) is 4.91 Å². The molecule has 4 heteroatoms. The van der Waals surface area contributed by atoms with Crippen LogP contribution in [0.3, 0.4) is 0 Å². The molecule has 0 radical (unpaired) electrons. The molecule has 0 spiro atoms. The number of nitrogens with zero attached hydrogens (tertiary/aromatic N) is 1. The average Bonchev–Trinajstić information content (AvgIpc) is 1.68. The highest BCUT2D eigenvalue weighted by Crippen LogP contribution is 1.91. The van der Waals surface area contributed by atoms with E-state index in [2.05, 4.69) is 10.2 Å². The molecule has 0 bridgehead atoms. The quantitative estimate of drug-likeness (QED) is 0.316. The van der Waals surface area contributed by atoms with Gasteiger partial charge in [0.05, 0.1) is 0 Å². The minimum atomic E-state index is -0.516. The zero-order valence-corrected chi connectivity index (χ0v) is 4.96. The molecule has 8 heavy (non-hydrogen) atoms. The first-order chi connectivity index (χ1) is 3.81. The molecule has 4 nitrogen and oxygen atoms in total. The molecule has 0 aliphatic carbocycles. The van der Waals surface area contributed by atoms with Crippen molar-refractivity contribution in [2.75, 3.05) is 6.61 Å². The molecule has 0 aliphatic rings. The van der Waals surface area contributed by atoms with Crippen LogP contribution >= 0.6 is 0 Å². The molecule has 0 N–H and O–H groups in total. The van der Waals surface area contributed by atoms with Crippen molar-refractivity contribution >= 4 is 0 Å². The Morgan fingerprint density at radius 2 is 2.38 bits per heavy atom. The minimum Gasteiger partial charge on any atom is -0.341 e. The topological polar surface area (TPSA) is 47.9 Å². The Balaban J connectivity index is 3.03. The summed E-state index contributed by atoms with van der Waals surface area (Å²) in [6.45, 7) is 3.94. The molecule has 0 aromatic heterocycles. The van der Waals surface area contributed by atoms with Gasteiger partial charge in [-0.05, 0) is 6.92 Å². The highest BCUT2D eigenvalue weighted by Gasteiger charge is 1.97. The van der Waals surface area contributed by atoms with Crippen LogP contribution in [0.5, 0.6) is 0 Å². The van der Waals surface area contributed by atoms with Gasteiger partial charge in [0.15, 0.2) is 5.34 Å². The van der Waals surface area contributed by atoms with Crippen LogP contribution in [0.15, 0.2) is 5.34 Å². The lowest BCUT2D eigenvalue weighted by atomic mass is 10.7. The number of hydrogen-bond acceptors (Lipinski definition) is 4. The number of hydrogen-bond donors (Lipinski definition) is 0. The van der Waals surface area contributed by atoms with Crippen LogP contribution in [-0.2, 0) is 9.57 Å². The normalized spacial score (nSPS) is 12.8. The van der Waals surface area contributed by atoms with E-state index in [9.17, 15) is 4.91 Å². The third-order valence-electron chi connectivity index (χ3n) is 0.593. The lowest BCUT2D eigenvalue weighted by molar-refractivity contribution is -0.128. The molecule has 48 valence electrons. The number of rotatable bonds is 4. The summed E-state index contributed by atoms with van der Waals surface area (Å²) in [5.41, 5.74) is 0. The fourth-order valence-corrected chi connectivity index (χ4v) is 0.326. The fourth-order valence-electron chi connectivity index (χ4n) is 0.326. The van der Waals surface area contributed by atoms with Gasteiger partial charge in [0.1, 0.15) is 0 Å². The fraction of sp³-hybridized carbons (Fsp3) is 1.00. The Morgan fingerprint density at radius 3 is 2.75 bits per heavy atom. The molecular formula is C4H9NO3. The third kappa shape index (κ3) is 3.55. The largest absolute Gasteiger partial charge is 0.341 e. The summed E-state index contributed by atoms with van der Waals surface area (Å²) in [4.78, 5) is 13.5. The predicted molar refractivity (Wildman–Crippen MR) is 28.0 cm³/mol. The molecule has 1 atom stereocenters. The van der Waals surface area contributed by atoms with Crippen LogP contribution in [0.4, 0.5) is 0 Å². The number of ether oxygens (including phenoxy) is 1. The second kappa shape index (κ2) is 4.52. The smallest absolute Gasteiger partial charge is 0.227 e. The van der Waals surface area contributed by atoms with Crippen LogP contribution < -0.4 is 0 Å². The Hall–Kier alpha value is -0.640. The van der Waals surface area contributed by atoms with E-state index in [0.717, 1.165) is 0 Å². The maximum absolute atomic E-state index is 9.34. The molecule has 0 aromatic rings. The van der Waals surface area contributed by atoms with Gasteiger partial charge in [-0.15, -0.1) is 4.91 Å². The van der Waals surface area contributed by atoms with Gasteiger partial charge in [-0.3, -0.25) is 0 Å².